The van der Waals surface area contributed by atoms with E-state index in [1.165, 1.54) is 12.4 Å². The van der Waals surface area contributed by atoms with Gasteiger partial charge in [0, 0.05) is 12.8 Å². The summed E-state index contributed by atoms with van der Waals surface area (Å²) in [4.78, 5) is 23.5. The van der Waals surface area contributed by atoms with Gasteiger partial charge in [0.25, 0.3) is 0 Å². The fourth-order valence-electron chi connectivity index (χ4n) is 2.06. The van der Waals surface area contributed by atoms with Crippen LogP contribution in [0.25, 0.3) is 0 Å². The van der Waals surface area contributed by atoms with Crippen LogP contribution in [-0.2, 0) is 9.59 Å². The Bertz CT molecular complexity index is 872. The van der Waals surface area contributed by atoms with E-state index < -0.39 is 0 Å². The molecule has 10 heteroatoms. The highest BCUT2D eigenvalue weighted by Crippen LogP contribution is 2.22. The maximum atomic E-state index is 11.7. The molecule has 0 saturated carbocycles. The average molecular weight is 474 g/mol. The Hall–Kier alpha value is -2.12. The second kappa shape index (κ2) is 11.8. The largest absolute Gasteiger partial charge is 0.273 e. The van der Waals surface area contributed by atoms with Gasteiger partial charge < -0.3 is 0 Å². The highest BCUT2D eigenvalue weighted by molar-refractivity contribution is 6.42. The number of nitrogens with zero attached hydrogens (tertiary/aromatic N) is 2. The van der Waals surface area contributed by atoms with Gasteiger partial charge in [0.15, 0.2) is 0 Å². The minimum Gasteiger partial charge on any atom is -0.273 e. The summed E-state index contributed by atoms with van der Waals surface area (Å²) in [5.74, 6) is -0.623. The van der Waals surface area contributed by atoms with Crippen molar-refractivity contribution in [2.75, 3.05) is 0 Å². The lowest BCUT2D eigenvalue weighted by atomic mass is 10.2. The Kier molecular flexibility index (Phi) is 9.41. The molecular weight excluding hydrogens is 458 g/mol. The highest BCUT2D eigenvalue weighted by atomic mass is 35.5. The van der Waals surface area contributed by atoms with E-state index in [1.807, 2.05) is 0 Å². The van der Waals surface area contributed by atoms with E-state index >= 15 is 0 Å². The first-order chi connectivity index (χ1) is 13.8. The number of hydrogen-bond acceptors (Lipinski definition) is 4. The van der Waals surface area contributed by atoms with Crippen molar-refractivity contribution in [1.29, 1.82) is 0 Å². The Morgan fingerprint density at radius 2 is 1.14 bits per heavy atom. The molecule has 2 amide bonds. The molecule has 0 aromatic heterocycles. The summed E-state index contributed by atoms with van der Waals surface area (Å²) in [6, 6.07) is 9.95. The van der Waals surface area contributed by atoms with Crippen LogP contribution in [0.4, 0.5) is 0 Å². The molecule has 2 aromatic carbocycles. The quantitative estimate of drug-likeness (QED) is 0.414. The first-order valence-corrected chi connectivity index (χ1v) is 9.90. The molecule has 2 N–H and O–H groups in total. The molecular formula is C19H16Cl4N4O2. The van der Waals surface area contributed by atoms with E-state index in [0.29, 0.717) is 37.6 Å². The Labute approximate surface area is 187 Å². The minimum absolute atomic E-state index is 0.142. The molecule has 0 spiro atoms. The summed E-state index contributed by atoms with van der Waals surface area (Å²) < 4.78 is 0. The van der Waals surface area contributed by atoms with Crippen molar-refractivity contribution in [3.8, 4) is 0 Å². The van der Waals surface area contributed by atoms with Crippen LogP contribution < -0.4 is 10.9 Å². The fourth-order valence-corrected chi connectivity index (χ4v) is 2.68. The van der Waals surface area contributed by atoms with Crippen molar-refractivity contribution in [1.82, 2.24) is 10.9 Å². The lowest BCUT2D eigenvalue weighted by Crippen LogP contribution is -2.20. The maximum absolute atomic E-state index is 11.7. The third-order valence-corrected chi connectivity index (χ3v) is 4.98. The van der Waals surface area contributed by atoms with Crippen LogP contribution in [0, 0.1) is 0 Å². The molecule has 29 heavy (non-hydrogen) atoms. The summed E-state index contributed by atoms with van der Waals surface area (Å²) in [7, 11) is 0. The van der Waals surface area contributed by atoms with Gasteiger partial charge >= 0.3 is 0 Å². The SMILES string of the molecule is O=C(CCCC(=O)NN=Cc1ccc(Cl)c(Cl)c1)NN=Cc1ccc(Cl)c(Cl)c1. The number of carbonyl (C=O) groups excluding carboxylic acids is 2. The maximum Gasteiger partial charge on any atom is 0.240 e. The number of amides is 2. The van der Waals surface area contributed by atoms with E-state index in [1.54, 1.807) is 36.4 Å². The van der Waals surface area contributed by atoms with Gasteiger partial charge in [-0.15, -0.1) is 0 Å². The smallest absolute Gasteiger partial charge is 0.240 e. The molecule has 0 radical (unpaired) electrons. The number of benzene rings is 2. The predicted molar refractivity (Wildman–Crippen MR) is 118 cm³/mol. The first-order valence-electron chi connectivity index (χ1n) is 8.39. The second-order valence-corrected chi connectivity index (χ2v) is 7.42. The summed E-state index contributed by atoms with van der Waals surface area (Å²) in [6.07, 6.45) is 3.53. The number of halogens is 4. The predicted octanol–water partition coefficient (Wildman–Crippen LogP) is 5.07. The zero-order valence-electron chi connectivity index (χ0n) is 15.0. The van der Waals surface area contributed by atoms with Crippen LogP contribution in [0.3, 0.4) is 0 Å². The van der Waals surface area contributed by atoms with Crippen molar-refractivity contribution in [3.05, 3.63) is 67.6 Å². The normalized spacial score (nSPS) is 11.2. The molecule has 2 aromatic rings. The van der Waals surface area contributed by atoms with Crippen molar-refractivity contribution in [3.63, 3.8) is 0 Å². The van der Waals surface area contributed by atoms with Gasteiger partial charge in [-0.05, 0) is 41.8 Å². The third-order valence-electron chi connectivity index (χ3n) is 3.50. The van der Waals surface area contributed by atoms with Gasteiger partial charge in [-0.3, -0.25) is 9.59 Å². The van der Waals surface area contributed by atoms with Crippen LogP contribution in [-0.4, -0.2) is 24.2 Å². The molecule has 0 fully saturated rings. The molecule has 0 unspecified atom stereocenters. The topological polar surface area (TPSA) is 82.9 Å². The van der Waals surface area contributed by atoms with Crippen molar-refractivity contribution in [2.24, 2.45) is 10.2 Å². The molecule has 2 rings (SSSR count). The van der Waals surface area contributed by atoms with Crippen molar-refractivity contribution < 1.29 is 9.59 Å². The number of hydrogen-bond donors (Lipinski definition) is 2. The molecule has 0 aliphatic rings. The highest BCUT2D eigenvalue weighted by Gasteiger charge is 2.04. The lowest BCUT2D eigenvalue weighted by molar-refractivity contribution is -0.122. The van der Waals surface area contributed by atoms with Gasteiger partial charge in [0.05, 0.1) is 32.5 Å². The molecule has 0 heterocycles. The number of rotatable bonds is 8. The summed E-state index contributed by atoms with van der Waals surface area (Å²) >= 11 is 23.4. The van der Waals surface area contributed by atoms with Gasteiger partial charge in [0.1, 0.15) is 0 Å². The van der Waals surface area contributed by atoms with E-state index in [4.69, 9.17) is 46.4 Å². The first kappa shape index (κ1) is 23.2. The Balaban J connectivity index is 1.66. The molecule has 0 atom stereocenters. The molecule has 0 aliphatic carbocycles. The Morgan fingerprint density at radius 3 is 1.52 bits per heavy atom. The van der Waals surface area contributed by atoms with Crippen molar-refractivity contribution >= 4 is 70.6 Å². The van der Waals surface area contributed by atoms with Crippen LogP contribution in [0.2, 0.25) is 20.1 Å². The third kappa shape index (κ3) is 8.41. The van der Waals surface area contributed by atoms with Gasteiger partial charge in [-0.2, -0.15) is 10.2 Å². The van der Waals surface area contributed by atoms with E-state index in [-0.39, 0.29) is 24.7 Å². The van der Waals surface area contributed by atoms with Crippen molar-refractivity contribution in [2.45, 2.75) is 19.3 Å². The van der Waals surface area contributed by atoms with Crippen LogP contribution in [0.5, 0.6) is 0 Å². The van der Waals surface area contributed by atoms with E-state index in [2.05, 4.69) is 21.1 Å². The summed E-state index contributed by atoms with van der Waals surface area (Å²) in [6.45, 7) is 0. The average Bonchev–Trinajstić information content (AvgIpc) is 2.67. The summed E-state index contributed by atoms with van der Waals surface area (Å²) in [5.41, 5.74) is 6.15. The minimum atomic E-state index is -0.312. The van der Waals surface area contributed by atoms with Crippen LogP contribution >= 0.6 is 46.4 Å². The van der Waals surface area contributed by atoms with Crippen LogP contribution in [0.1, 0.15) is 30.4 Å². The second-order valence-electron chi connectivity index (χ2n) is 5.79. The molecule has 0 bridgehead atoms. The summed E-state index contributed by atoms with van der Waals surface area (Å²) in [5, 5.41) is 9.34. The van der Waals surface area contributed by atoms with E-state index in [9.17, 15) is 9.59 Å². The zero-order valence-corrected chi connectivity index (χ0v) is 18.0. The number of nitrogens with one attached hydrogen (secondary N) is 2. The Morgan fingerprint density at radius 1 is 0.724 bits per heavy atom. The van der Waals surface area contributed by atoms with Gasteiger partial charge in [0.2, 0.25) is 11.8 Å². The molecule has 152 valence electrons. The monoisotopic (exact) mass is 472 g/mol. The van der Waals surface area contributed by atoms with Gasteiger partial charge in [-0.25, -0.2) is 10.9 Å². The van der Waals surface area contributed by atoms with E-state index in [0.717, 1.165) is 0 Å². The number of carbonyl (C=O) groups is 2. The lowest BCUT2D eigenvalue weighted by Gasteiger charge is -2.01. The standard InChI is InChI=1S/C19H16Cl4N4O2/c20-14-6-4-12(8-16(14)22)10-24-26-18(28)2-1-3-19(29)27-25-11-13-5-7-15(21)17(23)9-13/h4-11H,1-3H2,(H,26,28)(H,27,29). The van der Waals surface area contributed by atoms with Gasteiger partial charge in [-0.1, -0.05) is 58.5 Å². The molecule has 0 aliphatic heterocycles. The number of hydrazone groups is 2. The fraction of sp³-hybridized carbons (Fsp3) is 0.158. The molecule has 6 nitrogen and oxygen atoms in total. The van der Waals surface area contributed by atoms with Crippen LogP contribution in [0.15, 0.2) is 46.6 Å². The molecule has 0 saturated heterocycles. The zero-order chi connectivity index (χ0) is 21.2.